The summed E-state index contributed by atoms with van der Waals surface area (Å²) < 4.78 is 83.2. The minimum Gasteiger partial charge on any atom is -0.497 e. The molecular formula is C63H83N7O16S2. The number of rotatable bonds is 24. The highest BCUT2D eigenvalue weighted by molar-refractivity contribution is 7.91. The average Bonchev–Trinajstić information content (AvgIpc) is 1.63. The second-order valence-corrected chi connectivity index (χ2v) is 28.7. The number of allylic oxidation sites excluding steroid dienone is 2. The van der Waals surface area contributed by atoms with Crippen LogP contribution in [0.3, 0.4) is 0 Å². The van der Waals surface area contributed by atoms with Crippen LogP contribution >= 0.6 is 0 Å². The van der Waals surface area contributed by atoms with Gasteiger partial charge in [0.1, 0.15) is 35.3 Å². The van der Waals surface area contributed by atoms with Crippen LogP contribution in [0.5, 0.6) is 23.3 Å². The molecule has 4 aromatic rings. The highest BCUT2D eigenvalue weighted by atomic mass is 32.2. The molecule has 4 amide bonds. The van der Waals surface area contributed by atoms with Crippen molar-refractivity contribution in [1.82, 2.24) is 34.5 Å². The number of amides is 4. The van der Waals surface area contributed by atoms with E-state index in [9.17, 15) is 45.6 Å². The van der Waals surface area contributed by atoms with Crippen molar-refractivity contribution >= 4 is 77.0 Å². The van der Waals surface area contributed by atoms with Gasteiger partial charge in [-0.1, -0.05) is 32.4 Å². The molecule has 4 N–H and O–H groups in total. The van der Waals surface area contributed by atoms with Crippen LogP contribution in [0.2, 0.25) is 0 Å². The molecule has 23 nitrogen and oxygen atoms in total. The number of methoxy groups -OCH3 is 2. The molecule has 6 fully saturated rings. The van der Waals surface area contributed by atoms with Crippen LogP contribution in [0.4, 0.5) is 4.79 Å². The summed E-state index contributed by atoms with van der Waals surface area (Å²) in [5, 5.41) is 12.4. The summed E-state index contributed by atoms with van der Waals surface area (Å²) in [7, 11) is -1.83. The minimum atomic E-state index is -3.85. The summed E-state index contributed by atoms with van der Waals surface area (Å²) in [6.07, 6.45) is 8.39. The number of benzene rings is 2. The van der Waals surface area contributed by atoms with Gasteiger partial charge in [-0.3, -0.25) is 38.3 Å². The van der Waals surface area contributed by atoms with Gasteiger partial charge >= 0.3 is 6.09 Å². The number of nitrogens with one attached hydrogen (secondary N) is 3. The van der Waals surface area contributed by atoms with E-state index in [0.717, 1.165) is 29.0 Å². The van der Waals surface area contributed by atoms with Crippen molar-refractivity contribution < 1.29 is 74.4 Å². The number of aliphatic hydroxyl groups is 1. The van der Waals surface area contributed by atoms with Crippen molar-refractivity contribution in [2.45, 2.75) is 152 Å². The number of likely N-dealkylation sites (N-methyl/N-ethyl adjacent to an activating group) is 1. The lowest BCUT2D eigenvalue weighted by Gasteiger charge is -2.36. The molecule has 0 spiro atoms. The first kappa shape index (κ1) is 66.7. The maximum atomic E-state index is 14.6. The summed E-state index contributed by atoms with van der Waals surface area (Å²) in [5.41, 5.74) is -3.14. The fourth-order valence-electron chi connectivity index (χ4n) is 11.7. The quantitative estimate of drug-likeness (QED) is 0.0555. The van der Waals surface area contributed by atoms with Crippen LogP contribution in [-0.4, -0.2) is 165 Å². The van der Waals surface area contributed by atoms with Crippen LogP contribution in [-0.2, 0) is 48.8 Å². The number of hydrogen-bond acceptors (Lipinski definition) is 19. The summed E-state index contributed by atoms with van der Waals surface area (Å²) in [6.45, 7) is 17.0. The Morgan fingerprint density at radius 3 is 1.67 bits per heavy atom. The standard InChI is InChI=1S/C37H50N4O9S.C25H29N3O6S.CH4O/c1-9-22(3)31(40(7)35(45)50-36(4,5)6)33(43)41-21-26(49-32-28-14-11-25(48-8)17-23(28)15-16-38-32)18-29(41)30(42)20-37(19-24(37)10-2)34(44)39-51(46,47)27-12-13-27;1-3-16-12-25(16,24(30)28-35(31,32)19-5-6-19)13-22(29)21-11-18(14-27-21)34-23-20-7-4-17(33-2)10-15(20)8-9-26-23;1-2/h10-11,14-17,22,24,26-27,29,31H,2,9,12-13,18-21H2,1,3-8H3,(H,39,44);3-4,7-10,16,18-19,21,27H,1,5-6,11-14H2,2H3,(H,28,30);2H,1H3/t22-,24+,26+,29-,31?,37+;16-,18-,21+,25-;/m01./s1. The Balaban J connectivity index is 0.000000236. The molecule has 10 atom stereocenters. The van der Waals surface area contributed by atoms with Gasteiger partial charge in [0.05, 0.1) is 54.2 Å². The Morgan fingerprint density at radius 2 is 1.24 bits per heavy atom. The van der Waals surface area contributed by atoms with Gasteiger partial charge in [-0.25, -0.2) is 31.6 Å². The van der Waals surface area contributed by atoms with Gasteiger partial charge in [-0.05, 0) is 136 Å². The second-order valence-electron chi connectivity index (χ2n) is 24.8. The SMILES string of the molecule is C=C[C@@H]1C[C@]1(CC(=O)[C@@H]1C[C@@H](Oc2nccc3cc(OC)ccc23)CN1)C(=O)NS(=O)(=O)C1CC1.C=C[C@@H]1C[C@]1(CC(=O)[C@@H]1C[C@@H](Oc2nccc3cc(OC)ccc23)CN1C(=O)C([C@@H](C)CC)N(C)C(=O)OC(C)(C)C)C(=O)NS(=O)(=O)C1CC1.CO. The predicted molar refractivity (Wildman–Crippen MR) is 328 cm³/mol. The van der Waals surface area contributed by atoms with Gasteiger partial charge in [0.2, 0.25) is 49.5 Å². The number of aliphatic hydroxyl groups excluding tert-OH is 1. The van der Waals surface area contributed by atoms with Crippen LogP contribution in [0.15, 0.2) is 86.2 Å². The Kier molecular flexibility index (Phi) is 20.4. The number of Topliss-reactive ketones (excluding diaryl/α,β-unsaturated/α-hetero) is 2. The lowest BCUT2D eigenvalue weighted by atomic mass is 9.91. The molecular weight excluding hydrogens is 1170 g/mol. The number of fused-ring (bicyclic) bond motifs is 2. The zero-order valence-electron chi connectivity index (χ0n) is 51.5. The van der Waals surface area contributed by atoms with E-state index >= 15 is 0 Å². The van der Waals surface area contributed by atoms with E-state index in [4.69, 9.17) is 28.8 Å². The molecule has 25 heteroatoms. The van der Waals surface area contributed by atoms with Gasteiger partial charge in [-0.2, -0.15) is 0 Å². The fourth-order valence-corrected chi connectivity index (χ4v) is 14.5. The minimum absolute atomic E-state index is 0.0126. The zero-order valence-corrected chi connectivity index (χ0v) is 53.1. The van der Waals surface area contributed by atoms with Gasteiger partial charge in [0, 0.05) is 69.6 Å². The summed E-state index contributed by atoms with van der Waals surface area (Å²) in [6, 6.07) is 12.3. The van der Waals surface area contributed by atoms with E-state index in [0.29, 0.717) is 74.4 Å². The molecule has 88 heavy (non-hydrogen) atoms. The van der Waals surface area contributed by atoms with E-state index < -0.39 is 107 Å². The number of ether oxygens (including phenoxy) is 5. The number of carbonyl (C=O) groups excluding carboxylic acids is 6. The lowest BCUT2D eigenvalue weighted by molar-refractivity contribution is -0.144. The van der Waals surface area contributed by atoms with Crippen molar-refractivity contribution in [1.29, 1.82) is 0 Å². The largest absolute Gasteiger partial charge is 0.497 e. The number of nitrogens with zero attached hydrogens (tertiary/aromatic N) is 4. The van der Waals surface area contributed by atoms with Crippen molar-refractivity contribution in [2.24, 2.45) is 28.6 Å². The first-order valence-electron chi connectivity index (χ1n) is 29.8. The fraction of sp³-hybridized carbons (Fsp3) is 0.556. The monoisotopic (exact) mass is 1260 g/mol. The third-order valence-electron chi connectivity index (χ3n) is 17.5. The van der Waals surface area contributed by atoms with Gasteiger partial charge in [0.25, 0.3) is 0 Å². The summed E-state index contributed by atoms with van der Waals surface area (Å²) in [5.74, 6) is -1.04. The highest BCUT2D eigenvalue weighted by Gasteiger charge is 2.63. The summed E-state index contributed by atoms with van der Waals surface area (Å²) in [4.78, 5) is 93.4. The maximum absolute atomic E-state index is 14.6. The van der Waals surface area contributed by atoms with Crippen LogP contribution in [0.1, 0.15) is 105 Å². The number of pyridine rings is 2. The molecule has 2 saturated heterocycles. The van der Waals surface area contributed by atoms with E-state index in [1.807, 2.05) is 56.3 Å². The molecule has 0 radical (unpaired) electrons. The predicted octanol–water partition coefficient (Wildman–Crippen LogP) is 6.35. The molecule has 0 bridgehead atoms. The van der Waals surface area contributed by atoms with E-state index in [1.54, 1.807) is 65.6 Å². The third kappa shape index (κ3) is 14.9. The zero-order chi connectivity index (χ0) is 64.3. The maximum Gasteiger partial charge on any atom is 0.410 e. The number of sulfonamides is 2. The van der Waals surface area contributed by atoms with E-state index in [1.165, 1.54) is 16.8 Å². The van der Waals surface area contributed by atoms with Crippen LogP contribution < -0.4 is 33.7 Å². The number of ketones is 2. The average molecular weight is 1260 g/mol. The van der Waals surface area contributed by atoms with Crippen LogP contribution in [0, 0.1) is 28.6 Å². The number of carbonyl (C=O) groups is 6. The third-order valence-corrected chi connectivity index (χ3v) is 21.1. The topological polar surface area (TPSA) is 305 Å². The van der Waals surface area contributed by atoms with Gasteiger partial charge in [-0.15, -0.1) is 13.2 Å². The molecule has 4 saturated carbocycles. The van der Waals surface area contributed by atoms with Gasteiger partial charge < -0.3 is 39.0 Å². The first-order chi connectivity index (χ1) is 41.7. The van der Waals surface area contributed by atoms with Crippen molar-refractivity contribution in [3.05, 3.63) is 86.2 Å². The Labute approximate surface area is 514 Å². The first-order valence-corrected chi connectivity index (χ1v) is 32.8. The molecule has 6 aliphatic rings. The molecule has 4 heterocycles. The second kappa shape index (κ2) is 26.9. The smallest absolute Gasteiger partial charge is 0.410 e. The number of likely N-dealkylation sites (tertiary alicyclic amines) is 1. The number of aromatic nitrogens is 2. The van der Waals surface area contributed by atoms with Crippen molar-refractivity contribution in [3.8, 4) is 23.3 Å². The Bertz CT molecular complexity index is 3550. The number of hydrogen-bond donors (Lipinski definition) is 4. The van der Waals surface area contributed by atoms with Crippen molar-refractivity contribution in [3.63, 3.8) is 0 Å². The molecule has 2 aromatic heterocycles. The molecule has 2 aromatic carbocycles. The molecule has 4 aliphatic carbocycles. The van der Waals surface area contributed by atoms with E-state index in [2.05, 4.69) is 37.9 Å². The Morgan fingerprint density at radius 1 is 0.761 bits per heavy atom. The van der Waals surface area contributed by atoms with Crippen LogP contribution in [0.25, 0.3) is 21.5 Å². The highest BCUT2D eigenvalue weighted by Crippen LogP contribution is 2.58. The Hall–Kier alpha value is -7.22. The normalized spacial score (nSPS) is 25.2. The lowest BCUT2D eigenvalue weighted by Crippen LogP contribution is -2.55. The molecule has 478 valence electrons. The molecule has 2 aliphatic heterocycles. The van der Waals surface area contributed by atoms with Gasteiger partial charge in [0.15, 0.2) is 11.6 Å². The summed E-state index contributed by atoms with van der Waals surface area (Å²) >= 11 is 0. The molecule has 10 rings (SSSR count). The van der Waals surface area contributed by atoms with E-state index in [-0.39, 0.29) is 56.0 Å². The van der Waals surface area contributed by atoms with Crippen molar-refractivity contribution in [2.75, 3.05) is 41.5 Å². The molecule has 1 unspecified atom stereocenters.